The summed E-state index contributed by atoms with van der Waals surface area (Å²) in [5, 5.41) is 10.0. The van der Waals surface area contributed by atoms with Crippen molar-refractivity contribution in [1.29, 1.82) is 0 Å². The van der Waals surface area contributed by atoms with E-state index in [9.17, 15) is 5.11 Å². The van der Waals surface area contributed by atoms with E-state index >= 15 is 0 Å². The van der Waals surface area contributed by atoms with Gasteiger partial charge in [0.2, 0.25) is 0 Å². The van der Waals surface area contributed by atoms with Crippen LogP contribution >= 0.6 is 0 Å². The highest BCUT2D eigenvalue weighted by atomic mass is 16.3. The number of fused-ring (bicyclic) bond motifs is 5. The van der Waals surface area contributed by atoms with Crippen LogP contribution in [-0.2, 0) is 0 Å². The molecule has 70 valence electrons. The largest absolute Gasteiger partial charge is 0.388 e. The minimum atomic E-state index is -0.272. The van der Waals surface area contributed by atoms with Crippen LogP contribution in [0.1, 0.15) is 19.3 Å². The molecular formula is C12H16O. The van der Waals surface area contributed by atoms with E-state index in [2.05, 4.69) is 18.7 Å². The van der Waals surface area contributed by atoms with Crippen molar-refractivity contribution >= 4 is 0 Å². The van der Waals surface area contributed by atoms with Crippen molar-refractivity contribution in [3.63, 3.8) is 0 Å². The molecule has 3 aliphatic carbocycles. The zero-order valence-corrected chi connectivity index (χ0v) is 7.82. The zero-order valence-electron chi connectivity index (χ0n) is 7.82. The van der Waals surface area contributed by atoms with Crippen LogP contribution in [0.5, 0.6) is 0 Å². The highest BCUT2D eigenvalue weighted by Crippen LogP contribution is 2.68. The lowest BCUT2D eigenvalue weighted by Crippen LogP contribution is -2.51. The Hall–Kier alpha value is -0.560. The first-order valence-corrected chi connectivity index (χ1v) is 5.28. The number of rotatable bonds is 2. The fraction of sp³-hybridized carbons (Fsp3) is 0.667. The van der Waals surface area contributed by atoms with Gasteiger partial charge in [-0.3, -0.25) is 0 Å². The molecule has 1 nitrogen and oxygen atoms in total. The number of allylic oxidation sites excluding steroid dienone is 2. The lowest BCUT2D eigenvalue weighted by molar-refractivity contribution is -0.0746. The first kappa shape index (κ1) is 7.81. The summed E-state index contributed by atoms with van der Waals surface area (Å²) in [5.74, 6) is 2.17. The summed E-state index contributed by atoms with van der Waals surface area (Å²) < 4.78 is 0. The molecule has 0 saturated heterocycles. The molecule has 1 heteroatoms. The van der Waals surface area contributed by atoms with Crippen molar-refractivity contribution < 1.29 is 5.11 Å². The van der Waals surface area contributed by atoms with E-state index in [4.69, 9.17) is 0 Å². The zero-order chi connectivity index (χ0) is 9.05. The lowest BCUT2D eigenvalue weighted by atomic mass is 9.53. The van der Waals surface area contributed by atoms with Crippen LogP contribution < -0.4 is 0 Å². The van der Waals surface area contributed by atoms with Crippen LogP contribution in [0.15, 0.2) is 24.8 Å². The molecule has 5 atom stereocenters. The molecule has 1 unspecified atom stereocenters. The second kappa shape index (κ2) is 2.27. The fourth-order valence-electron chi connectivity index (χ4n) is 3.95. The van der Waals surface area contributed by atoms with Crippen LogP contribution in [0.3, 0.4) is 0 Å². The number of aliphatic hydroxyl groups is 1. The molecule has 0 spiro atoms. The van der Waals surface area contributed by atoms with E-state index in [1.54, 1.807) is 6.08 Å². The second-order valence-electron chi connectivity index (χ2n) is 4.83. The summed E-state index contributed by atoms with van der Waals surface area (Å²) in [6, 6.07) is 0. The van der Waals surface area contributed by atoms with E-state index in [-0.39, 0.29) is 11.5 Å². The van der Waals surface area contributed by atoms with Crippen molar-refractivity contribution in [2.24, 2.45) is 23.2 Å². The van der Waals surface area contributed by atoms with E-state index in [1.165, 1.54) is 19.3 Å². The fourth-order valence-corrected chi connectivity index (χ4v) is 3.95. The highest BCUT2D eigenvalue weighted by molar-refractivity contribution is 5.26. The molecule has 0 aromatic rings. The van der Waals surface area contributed by atoms with E-state index in [0.717, 1.165) is 11.8 Å². The van der Waals surface area contributed by atoms with Gasteiger partial charge in [-0.2, -0.15) is 0 Å². The number of aliphatic hydroxyl groups excluding tert-OH is 1. The monoisotopic (exact) mass is 176 g/mol. The van der Waals surface area contributed by atoms with Crippen LogP contribution in [0.2, 0.25) is 0 Å². The first-order valence-electron chi connectivity index (χ1n) is 5.28. The molecule has 2 bridgehead atoms. The van der Waals surface area contributed by atoms with Gasteiger partial charge in [0.25, 0.3) is 0 Å². The maximum absolute atomic E-state index is 10.0. The Morgan fingerprint density at radius 1 is 1.54 bits per heavy atom. The van der Waals surface area contributed by atoms with Crippen molar-refractivity contribution in [3.8, 4) is 0 Å². The van der Waals surface area contributed by atoms with E-state index in [0.29, 0.717) is 5.92 Å². The van der Waals surface area contributed by atoms with Gasteiger partial charge in [-0.25, -0.2) is 0 Å². The van der Waals surface area contributed by atoms with Crippen LogP contribution in [0.25, 0.3) is 0 Å². The summed E-state index contributed by atoms with van der Waals surface area (Å²) in [7, 11) is 0. The molecule has 0 aromatic carbocycles. The third-order valence-electron chi connectivity index (χ3n) is 4.68. The normalized spacial score (nSPS) is 52.8. The number of hydrogen-bond acceptors (Lipinski definition) is 1. The Labute approximate surface area is 79.2 Å². The summed E-state index contributed by atoms with van der Waals surface area (Å²) in [6.07, 6.45) is 9.96. The molecule has 0 aromatic heterocycles. The molecule has 13 heavy (non-hydrogen) atoms. The van der Waals surface area contributed by atoms with Crippen molar-refractivity contribution in [2.45, 2.75) is 25.4 Å². The highest BCUT2D eigenvalue weighted by Gasteiger charge is 2.63. The maximum atomic E-state index is 10.0. The van der Waals surface area contributed by atoms with E-state index < -0.39 is 0 Å². The quantitative estimate of drug-likeness (QED) is 0.639. The average molecular weight is 176 g/mol. The van der Waals surface area contributed by atoms with Gasteiger partial charge in [-0.15, -0.1) is 6.58 Å². The van der Waals surface area contributed by atoms with E-state index in [1.807, 2.05) is 0 Å². The van der Waals surface area contributed by atoms with Crippen LogP contribution in [0.4, 0.5) is 0 Å². The predicted molar refractivity (Wildman–Crippen MR) is 52.1 cm³/mol. The third-order valence-corrected chi connectivity index (χ3v) is 4.68. The first-order chi connectivity index (χ1) is 6.29. The molecule has 3 aliphatic rings. The summed E-state index contributed by atoms with van der Waals surface area (Å²) in [5.41, 5.74) is 0.209. The standard InChI is InChI=1S/C12H16O/c1-2-11(13)12-6-5-10(12)8-3-4-9(12)7-8/h2-4,8-11,13H,1,5-7H2/t8-,9+,10+,11?,12+/m1/s1. The molecule has 2 fully saturated rings. The smallest absolute Gasteiger partial charge is 0.0783 e. The molecule has 1 N–H and O–H groups in total. The van der Waals surface area contributed by atoms with Gasteiger partial charge < -0.3 is 5.11 Å². The predicted octanol–water partition coefficient (Wildman–Crippen LogP) is 2.14. The molecule has 3 rings (SSSR count). The van der Waals surface area contributed by atoms with Crippen LogP contribution in [-0.4, -0.2) is 11.2 Å². The van der Waals surface area contributed by atoms with Gasteiger partial charge in [-0.05, 0) is 37.0 Å². The van der Waals surface area contributed by atoms with Crippen molar-refractivity contribution in [2.75, 3.05) is 0 Å². The molecule has 0 heterocycles. The van der Waals surface area contributed by atoms with Crippen molar-refractivity contribution in [1.82, 2.24) is 0 Å². The Kier molecular flexibility index (Phi) is 1.36. The summed E-state index contributed by atoms with van der Waals surface area (Å²) in [6.45, 7) is 3.73. The Balaban J connectivity index is 1.99. The summed E-state index contributed by atoms with van der Waals surface area (Å²) in [4.78, 5) is 0. The Bertz CT molecular complexity index is 281. The Morgan fingerprint density at radius 2 is 2.38 bits per heavy atom. The lowest BCUT2D eigenvalue weighted by Gasteiger charge is -2.53. The second-order valence-corrected chi connectivity index (χ2v) is 4.83. The maximum Gasteiger partial charge on any atom is 0.0783 e. The molecular weight excluding hydrogens is 160 g/mol. The molecule has 0 aliphatic heterocycles. The molecule has 0 radical (unpaired) electrons. The Morgan fingerprint density at radius 3 is 2.92 bits per heavy atom. The van der Waals surface area contributed by atoms with Crippen LogP contribution in [0, 0.1) is 23.2 Å². The van der Waals surface area contributed by atoms with Gasteiger partial charge >= 0.3 is 0 Å². The van der Waals surface area contributed by atoms with Gasteiger partial charge in [-0.1, -0.05) is 18.2 Å². The summed E-state index contributed by atoms with van der Waals surface area (Å²) >= 11 is 0. The molecule has 0 amide bonds. The number of hydrogen-bond donors (Lipinski definition) is 1. The van der Waals surface area contributed by atoms with Crippen molar-refractivity contribution in [3.05, 3.63) is 24.8 Å². The third kappa shape index (κ3) is 0.690. The molecule has 2 saturated carbocycles. The SMILES string of the molecule is C=CC(O)[C@]12CC[C@H]1[C@@H]1C=C[C@H]2C1. The van der Waals surface area contributed by atoms with Gasteiger partial charge in [0.05, 0.1) is 6.10 Å². The van der Waals surface area contributed by atoms with Gasteiger partial charge in [0, 0.05) is 5.41 Å². The van der Waals surface area contributed by atoms with Gasteiger partial charge in [0.1, 0.15) is 0 Å². The average Bonchev–Trinajstić information content (AvgIpc) is 2.58. The minimum absolute atomic E-state index is 0.209. The minimum Gasteiger partial charge on any atom is -0.388 e. The van der Waals surface area contributed by atoms with Gasteiger partial charge in [0.15, 0.2) is 0 Å². The topological polar surface area (TPSA) is 20.2 Å².